The average Bonchev–Trinajstić information content (AvgIpc) is 2.38. The molecule has 1 amide bonds. The number of nitrogens with one attached hydrogen (secondary N) is 1. The minimum atomic E-state index is -0.191. The van der Waals surface area contributed by atoms with Gasteiger partial charge >= 0.3 is 0 Å². The van der Waals surface area contributed by atoms with Crippen molar-refractivity contribution in [1.29, 1.82) is 0 Å². The van der Waals surface area contributed by atoms with Crippen LogP contribution in [0.5, 0.6) is 5.75 Å². The Bertz CT molecular complexity index is 410. The number of hydrogen-bond donors (Lipinski definition) is 1. The topological polar surface area (TPSA) is 38.3 Å². The van der Waals surface area contributed by atoms with Crippen molar-refractivity contribution in [3.63, 3.8) is 0 Å². The van der Waals surface area contributed by atoms with E-state index >= 15 is 0 Å². The predicted octanol–water partition coefficient (Wildman–Crippen LogP) is 3.79. The molecule has 0 saturated heterocycles. The van der Waals surface area contributed by atoms with Crippen molar-refractivity contribution >= 4 is 33.4 Å². The molecule has 0 aliphatic carbocycles. The molecule has 1 rings (SSSR count). The van der Waals surface area contributed by atoms with E-state index in [2.05, 4.69) is 28.2 Å². The lowest BCUT2D eigenvalue weighted by Crippen LogP contribution is -2.47. The van der Waals surface area contributed by atoms with Gasteiger partial charge < -0.3 is 10.1 Å². The van der Waals surface area contributed by atoms with Crippen molar-refractivity contribution in [3.8, 4) is 5.75 Å². The molecule has 1 N–H and O–H groups in total. The molecule has 106 valence electrons. The molecule has 0 aliphatic heterocycles. The molecule has 0 aliphatic rings. The third-order valence-electron chi connectivity index (χ3n) is 3.05. The van der Waals surface area contributed by atoms with Crippen molar-refractivity contribution in [2.24, 2.45) is 0 Å². The van der Waals surface area contributed by atoms with Gasteiger partial charge in [0.2, 0.25) is 0 Å². The summed E-state index contributed by atoms with van der Waals surface area (Å²) in [5.41, 5.74) is -0.191. The molecule has 0 radical (unpaired) electrons. The summed E-state index contributed by atoms with van der Waals surface area (Å²) in [6.45, 7) is 4.11. The first-order valence-electron chi connectivity index (χ1n) is 6.24. The maximum absolute atomic E-state index is 11.9. The van der Waals surface area contributed by atoms with Crippen LogP contribution in [0.25, 0.3) is 0 Å². The summed E-state index contributed by atoms with van der Waals surface area (Å²) in [7, 11) is 0. The molecule has 1 aromatic carbocycles. The Morgan fingerprint density at radius 3 is 2.58 bits per heavy atom. The second-order valence-corrected chi connectivity index (χ2v) is 5.87. The molecule has 3 nitrogen and oxygen atoms in total. The zero-order valence-corrected chi connectivity index (χ0v) is 13.6. The van der Waals surface area contributed by atoms with Gasteiger partial charge in [-0.05, 0) is 44.0 Å². The van der Waals surface area contributed by atoms with Crippen molar-refractivity contribution in [2.45, 2.75) is 32.2 Å². The quantitative estimate of drug-likeness (QED) is 0.761. The number of carbonyl (C=O) groups excluding carboxylic acids is 1. The summed E-state index contributed by atoms with van der Waals surface area (Å²) in [4.78, 5) is 11.9. The Labute approximate surface area is 127 Å². The summed E-state index contributed by atoms with van der Waals surface area (Å²) >= 11 is 9.18. The lowest BCUT2D eigenvalue weighted by molar-refractivity contribution is -0.125. The smallest absolute Gasteiger partial charge is 0.258 e. The monoisotopic (exact) mass is 347 g/mol. The highest BCUT2D eigenvalue weighted by Gasteiger charge is 2.23. The number of halogens is 2. The lowest BCUT2D eigenvalue weighted by Gasteiger charge is -2.29. The van der Waals surface area contributed by atoms with E-state index in [4.69, 9.17) is 16.3 Å². The summed E-state index contributed by atoms with van der Waals surface area (Å²) in [6.07, 6.45) is 1.77. The number of carbonyl (C=O) groups is 1. The van der Waals surface area contributed by atoms with Gasteiger partial charge in [0.05, 0.1) is 0 Å². The van der Waals surface area contributed by atoms with E-state index in [9.17, 15) is 4.79 Å². The van der Waals surface area contributed by atoms with E-state index < -0.39 is 0 Å². The van der Waals surface area contributed by atoms with Crippen LogP contribution in [-0.2, 0) is 4.79 Å². The molecule has 1 aromatic rings. The van der Waals surface area contributed by atoms with Crippen LogP contribution in [0.2, 0.25) is 5.02 Å². The Morgan fingerprint density at radius 1 is 1.42 bits per heavy atom. The average molecular weight is 349 g/mol. The van der Waals surface area contributed by atoms with Crippen LogP contribution < -0.4 is 10.1 Å². The van der Waals surface area contributed by atoms with Gasteiger partial charge in [-0.2, -0.15) is 0 Å². The molecule has 0 bridgehead atoms. The molecule has 5 heteroatoms. The molecule has 1 atom stereocenters. The number of ether oxygens (including phenoxy) is 1. The van der Waals surface area contributed by atoms with Crippen molar-refractivity contribution in [2.75, 3.05) is 11.9 Å². The summed E-state index contributed by atoms with van der Waals surface area (Å²) < 4.78 is 5.41. The predicted molar refractivity (Wildman–Crippen MR) is 82.2 cm³/mol. The largest absolute Gasteiger partial charge is 0.484 e. The van der Waals surface area contributed by atoms with Gasteiger partial charge in [0, 0.05) is 15.9 Å². The lowest BCUT2D eigenvalue weighted by atomic mass is 9.95. The maximum atomic E-state index is 11.9. The Morgan fingerprint density at radius 2 is 2.05 bits per heavy atom. The van der Waals surface area contributed by atoms with Crippen LogP contribution in [0.1, 0.15) is 26.7 Å². The maximum Gasteiger partial charge on any atom is 0.258 e. The SMILES string of the molecule is CCC(C)(CCBr)NC(=O)COc1ccc(Cl)cc1. The summed E-state index contributed by atoms with van der Waals surface area (Å²) in [5.74, 6) is 0.526. The Hall–Kier alpha value is -0.740. The van der Waals surface area contributed by atoms with Crippen LogP contribution in [0.4, 0.5) is 0 Å². The van der Waals surface area contributed by atoms with E-state index in [0.717, 1.165) is 18.2 Å². The molecular weight excluding hydrogens is 330 g/mol. The summed E-state index contributed by atoms with van der Waals surface area (Å²) in [6, 6.07) is 6.95. The Balaban J connectivity index is 2.45. The van der Waals surface area contributed by atoms with Crippen molar-refractivity contribution in [1.82, 2.24) is 5.32 Å². The van der Waals surface area contributed by atoms with Gasteiger partial charge in [-0.3, -0.25) is 4.79 Å². The molecule has 0 heterocycles. The number of benzene rings is 1. The van der Waals surface area contributed by atoms with Gasteiger partial charge in [0.1, 0.15) is 5.75 Å². The van der Waals surface area contributed by atoms with Crippen LogP contribution >= 0.6 is 27.5 Å². The van der Waals surface area contributed by atoms with Crippen molar-refractivity contribution in [3.05, 3.63) is 29.3 Å². The molecule has 0 spiro atoms. The first-order valence-corrected chi connectivity index (χ1v) is 7.74. The normalized spacial score (nSPS) is 13.7. The van der Waals surface area contributed by atoms with Crippen LogP contribution in [0, 0.1) is 0 Å². The third kappa shape index (κ3) is 5.83. The van der Waals surface area contributed by atoms with E-state index in [1.165, 1.54) is 0 Å². The molecular formula is C14H19BrClNO2. The molecule has 0 aromatic heterocycles. The van der Waals surface area contributed by atoms with Crippen LogP contribution in [0.3, 0.4) is 0 Å². The highest BCUT2D eigenvalue weighted by atomic mass is 79.9. The summed E-state index contributed by atoms with van der Waals surface area (Å²) in [5, 5.41) is 4.51. The molecule has 1 unspecified atom stereocenters. The highest BCUT2D eigenvalue weighted by molar-refractivity contribution is 9.09. The van der Waals surface area contributed by atoms with E-state index in [1.807, 2.05) is 6.92 Å². The molecule has 0 fully saturated rings. The number of rotatable bonds is 7. The first kappa shape index (κ1) is 16.3. The Kier molecular flexibility index (Phi) is 6.66. The van der Waals surface area contributed by atoms with E-state index in [-0.39, 0.29) is 18.1 Å². The fraction of sp³-hybridized carbons (Fsp3) is 0.500. The second kappa shape index (κ2) is 7.75. The fourth-order valence-electron chi connectivity index (χ4n) is 1.59. The van der Waals surface area contributed by atoms with Crippen LogP contribution in [-0.4, -0.2) is 23.4 Å². The van der Waals surface area contributed by atoms with Gasteiger partial charge in [0.25, 0.3) is 5.91 Å². The van der Waals surface area contributed by atoms with Crippen LogP contribution in [0.15, 0.2) is 24.3 Å². The van der Waals surface area contributed by atoms with E-state index in [1.54, 1.807) is 24.3 Å². The zero-order chi connectivity index (χ0) is 14.3. The van der Waals surface area contributed by atoms with Gasteiger partial charge in [-0.15, -0.1) is 0 Å². The first-order chi connectivity index (χ1) is 8.99. The fourth-order valence-corrected chi connectivity index (χ4v) is 2.59. The minimum absolute atomic E-state index is 0.0134. The van der Waals surface area contributed by atoms with E-state index in [0.29, 0.717) is 10.8 Å². The van der Waals surface area contributed by atoms with Crippen molar-refractivity contribution < 1.29 is 9.53 Å². The minimum Gasteiger partial charge on any atom is -0.484 e. The number of hydrogen-bond acceptors (Lipinski definition) is 2. The number of alkyl halides is 1. The second-order valence-electron chi connectivity index (χ2n) is 4.64. The highest BCUT2D eigenvalue weighted by Crippen LogP contribution is 2.17. The zero-order valence-electron chi connectivity index (χ0n) is 11.2. The van der Waals surface area contributed by atoms with Gasteiger partial charge in [-0.1, -0.05) is 34.5 Å². The third-order valence-corrected chi connectivity index (χ3v) is 3.70. The molecule has 19 heavy (non-hydrogen) atoms. The van der Waals surface area contributed by atoms with Gasteiger partial charge in [0.15, 0.2) is 6.61 Å². The molecule has 0 saturated carbocycles. The number of amides is 1. The standard InChI is InChI=1S/C14H19BrClNO2/c1-3-14(2,8-9-15)17-13(18)10-19-12-6-4-11(16)5-7-12/h4-7H,3,8-10H2,1-2H3,(H,17,18). The van der Waals surface area contributed by atoms with Gasteiger partial charge in [-0.25, -0.2) is 0 Å².